The number of carboxylic acid groups (broad SMARTS) is 1. The number of allylic oxidation sites excluding steroid dienone is 2. The fourth-order valence-electron chi connectivity index (χ4n) is 0.824. The van der Waals surface area contributed by atoms with Crippen molar-refractivity contribution < 1.29 is 15.0 Å². The van der Waals surface area contributed by atoms with Gasteiger partial charge in [0.2, 0.25) is 0 Å². The van der Waals surface area contributed by atoms with E-state index in [-0.39, 0.29) is 11.3 Å². The van der Waals surface area contributed by atoms with Gasteiger partial charge in [0.25, 0.3) is 0 Å². The number of hydrogen-bond donors (Lipinski definition) is 1. The molecule has 0 aromatic carbocycles. The first-order valence-corrected chi connectivity index (χ1v) is 3.01. The highest BCUT2D eigenvalue weighted by molar-refractivity contribution is 5.90. The van der Waals surface area contributed by atoms with Gasteiger partial charge in [-0.25, -0.2) is 4.79 Å². The zero-order chi connectivity index (χ0) is 7.56. The van der Waals surface area contributed by atoms with E-state index in [1.54, 1.807) is 6.08 Å². The molecule has 0 fully saturated rings. The number of rotatable bonds is 1. The lowest BCUT2D eigenvalue weighted by Crippen LogP contribution is -2.10. The maximum Gasteiger partial charge on any atom is 0.335 e. The van der Waals surface area contributed by atoms with E-state index in [1.807, 2.05) is 0 Å². The van der Waals surface area contributed by atoms with Gasteiger partial charge in [0.1, 0.15) is 0 Å². The summed E-state index contributed by atoms with van der Waals surface area (Å²) < 4.78 is 0. The van der Waals surface area contributed by atoms with Crippen LogP contribution in [0.15, 0.2) is 23.5 Å². The molecule has 0 radical (unpaired) electrons. The first-order valence-electron chi connectivity index (χ1n) is 3.01. The average molecular weight is 139 g/mol. The predicted molar refractivity (Wildman–Crippen MR) is 33.0 cm³/mol. The average Bonchev–Trinajstić information content (AvgIpc) is 1.88. The van der Waals surface area contributed by atoms with Crippen LogP contribution in [0.1, 0.15) is 12.8 Å². The molecule has 0 aromatic rings. The molecule has 0 heterocycles. The standard InChI is InChI=1S/C7H8O3/c8-6-3-1-2-5(4-6)7(9)10/h2,4,8H,1,3H2,(H,9,10)/p-1. The largest absolute Gasteiger partial charge is 0.875 e. The fourth-order valence-corrected chi connectivity index (χ4v) is 0.824. The zero-order valence-electron chi connectivity index (χ0n) is 5.33. The maximum atomic E-state index is 10.6. The Balaban J connectivity index is 2.79. The van der Waals surface area contributed by atoms with Crippen LogP contribution in [0, 0.1) is 0 Å². The van der Waals surface area contributed by atoms with E-state index in [2.05, 4.69) is 0 Å². The molecule has 54 valence electrons. The molecule has 3 nitrogen and oxygen atoms in total. The number of carboxylic acids is 1. The molecule has 0 spiro atoms. The molecule has 0 saturated heterocycles. The van der Waals surface area contributed by atoms with Crippen LogP contribution in [0.3, 0.4) is 0 Å². The van der Waals surface area contributed by atoms with Gasteiger partial charge in [-0.15, -0.1) is 5.76 Å². The summed E-state index contributed by atoms with van der Waals surface area (Å²) in [6.45, 7) is 0. The van der Waals surface area contributed by atoms with Crippen molar-refractivity contribution in [2.24, 2.45) is 0 Å². The molecule has 10 heavy (non-hydrogen) atoms. The van der Waals surface area contributed by atoms with Crippen molar-refractivity contribution >= 4 is 5.97 Å². The second-order valence-electron chi connectivity index (χ2n) is 2.11. The Bertz CT molecular complexity index is 213. The molecular weight excluding hydrogens is 132 g/mol. The lowest BCUT2D eigenvalue weighted by molar-refractivity contribution is -0.306. The van der Waals surface area contributed by atoms with Crippen molar-refractivity contribution in [3.63, 3.8) is 0 Å². The highest BCUT2D eigenvalue weighted by atomic mass is 16.4. The Labute approximate surface area is 58.3 Å². The van der Waals surface area contributed by atoms with Gasteiger partial charge in [-0.1, -0.05) is 12.2 Å². The Morgan fingerprint density at radius 3 is 2.80 bits per heavy atom. The normalized spacial score (nSPS) is 17.6. The summed E-state index contributed by atoms with van der Waals surface area (Å²) in [4.78, 5) is 10.2. The number of aliphatic carboxylic acids is 1. The second kappa shape index (κ2) is 2.56. The molecule has 0 atom stereocenters. The number of hydrogen-bond acceptors (Lipinski definition) is 2. The molecule has 1 aliphatic rings. The minimum atomic E-state index is -1.02. The summed E-state index contributed by atoms with van der Waals surface area (Å²) in [6.07, 6.45) is 3.73. The van der Waals surface area contributed by atoms with E-state index in [0.29, 0.717) is 12.8 Å². The van der Waals surface area contributed by atoms with Crippen molar-refractivity contribution in [2.75, 3.05) is 0 Å². The quantitative estimate of drug-likeness (QED) is 0.557. The van der Waals surface area contributed by atoms with Crippen molar-refractivity contribution in [2.45, 2.75) is 12.8 Å². The Hall–Kier alpha value is -1.25. The third-order valence-corrected chi connectivity index (χ3v) is 1.32. The van der Waals surface area contributed by atoms with E-state index in [1.165, 1.54) is 6.08 Å². The summed E-state index contributed by atoms with van der Waals surface area (Å²) in [5.74, 6) is -1.12. The van der Waals surface area contributed by atoms with Crippen molar-refractivity contribution in [3.05, 3.63) is 23.5 Å². The Kier molecular flexibility index (Phi) is 1.76. The number of carbonyl (C=O) groups is 1. The molecule has 1 aliphatic carbocycles. The molecule has 3 heteroatoms. The molecule has 0 amide bonds. The van der Waals surface area contributed by atoms with Crippen LogP contribution in [0.4, 0.5) is 0 Å². The molecule has 0 unspecified atom stereocenters. The monoisotopic (exact) mass is 139 g/mol. The lowest BCUT2D eigenvalue weighted by Gasteiger charge is -2.14. The van der Waals surface area contributed by atoms with Crippen molar-refractivity contribution in [1.82, 2.24) is 0 Å². The molecule has 0 bridgehead atoms. The van der Waals surface area contributed by atoms with Crippen LogP contribution in [-0.4, -0.2) is 11.1 Å². The van der Waals surface area contributed by atoms with Gasteiger partial charge in [0.05, 0.1) is 5.57 Å². The lowest BCUT2D eigenvalue weighted by atomic mass is 10.1. The SMILES string of the molecule is O=C(O)C1=CCCC([O-])=C1. The summed E-state index contributed by atoms with van der Waals surface area (Å²) in [5.41, 5.74) is 0.122. The van der Waals surface area contributed by atoms with Crippen LogP contribution in [0.2, 0.25) is 0 Å². The van der Waals surface area contributed by atoms with E-state index < -0.39 is 5.97 Å². The molecular formula is C7H7O3-. The zero-order valence-corrected chi connectivity index (χ0v) is 5.33. The van der Waals surface area contributed by atoms with Crippen LogP contribution in [-0.2, 0) is 4.79 Å². The van der Waals surface area contributed by atoms with E-state index in [0.717, 1.165) is 0 Å². The maximum absolute atomic E-state index is 10.6. The summed E-state index contributed by atoms with van der Waals surface area (Å²) >= 11 is 0. The van der Waals surface area contributed by atoms with Gasteiger partial charge in [-0.3, -0.25) is 0 Å². The topological polar surface area (TPSA) is 60.4 Å². The van der Waals surface area contributed by atoms with Gasteiger partial charge in [0.15, 0.2) is 0 Å². The third kappa shape index (κ3) is 1.37. The van der Waals surface area contributed by atoms with Gasteiger partial charge >= 0.3 is 5.97 Å². The van der Waals surface area contributed by atoms with Crippen molar-refractivity contribution in [3.8, 4) is 0 Å². The van der Waals surface area contributed by atoms with Crippen LogP contribution in [0.25, 0.3) is 0 Å². The summed E-state index contributed by atoms with van der Waals surface area (Å²) in [6, 6.07) is 0. The fraction of sp³-hybridized carbons (Fsp3) is 0.286. The molecule has 1 N–H and O–H groups in total. The second-order valence-corrected chi connectivity index (χ2v) is 2.11. The van der Waals surface area contributed by atoms with E-state index >= 15 is 0 Å². The van der Waals surface area contributed by atoms with Gasteiger partial charge < -0.3 is 10.2 Å². The molecule has 0 aliphatic heterocycles. The first-order chi connectivity index (χ1) is 4.70. The summed E-state index contributed by atoms with van der Waals surface area (Å²) in [5, 5.41) is 19.0. The van der Waals surface area contributed by atoms with Crippen LogP contribution >= 0.6 is 0 Å². The minimum absolute atomic E-state index is 0.0973. The van der Waals surface area contributed by atoms with Crippen LogP contribution < -0.4 is 5.11 Å². The van der Waals surface area contributed by atoms with Gasteiger partial charge in [-0.2, -0.15) is 0 Å². The van der Waals surface area contributed by atoms with Gasteiger partial charge in [0, 0.05) is 0 Å². The highest BCUT2D eigenvalue weighted by Gasteiger charge is 2.05. The Morgan fingerprint density at radius 1 is 1.70 bits per heavy atom. The highest BCUT2D eigenvalue weighted by Crippen LogP contribution is 2.12. The molecule has 0 aromatic heterocycles. The van der Waals surface area contributed by atoms with E-state index in [4.69, 9.17) is 5.11 Å². The summed E-state index contributed by atoms with van der Waals surface area (Å²) in [7, 11) is 0. The smallest absolute Gasteiger partial charge is 0.335 e. The van der Waals surface area contributed by atoms with E-state index in [9.17, 15) is 9.90 Å². The minimum Gasteiger partial charge on any atom is -0.875 e. The predicted octanol–water partition coefficient (Wildman–Crippen LogP) is 0.0354. The third-order valence-electron chi connectivity index (χ3n) is 1.32. The van der Waals surface area contributed by atoms with Gasteiger partial charge in [-0.05, 0) is 12.8 Å². The van der Waals surface area contributed by atoms with Crippen LogP contribution in [0.5, 0.6) is 0 Å². The first kappa shape index (κ1) is 6.86. The van der Waals surface area contributed by atoms with Crippen molar-refractivity contribution in [1.29, 1.82) is 0 Å². The molecule has 0 saturated carbocycles. The Morgan fingerprint density at radius 2 is 2.40 bits per heavy atom. The molecule has 1 rings (SSSR count).